The molecule has 0 aliphatic carbocycles. The number of anilines is 1. The number of piperazine rings is 1. The van der Waals surface area contributed by atoms with E-state index in [1.54, 1.807) is 6.07 Å². The molecule has 0 radical (unpaired) electrons. The molecule has 1 atom stereocenters. The second kappa shape index (κ2) is 7.10. The molecule has 1 fully saturated rings. The SMILES string of the molecule is CCCC1CN(c2ccccc2SC(F)F)CCN1. The molecule has 1 aliphatic rings. The summed E-state index contributed by atoms with van der Waals surface area (Å²) in [7, 11) is 0. The summed E-state index contributed by atoms with van der Waals surface area (Å²) in [6, 6.07) is 7.92. The van der Waals surface area contributed by atoms with Gasteiger partial charge in [-0.05, 0) is 18.6 Å². The lowest BCUT2D eigenvalue weighted by Gasteiger charge is -2.36. The Labute approximate surface area is 117 Å². The van der Waals surface area contributed by atoms with Crippen LogP contribution in [0.1, 0.15) is 19.8 Å². The lowest BCUT2D eigenvalue weighted by molar-refractivity contribution is 0.252. The van der Waals surface area contributed by atoms with Gasteiger partial charge in [-0.25, -0.2) is 0 Å². The van der Waals surface area contributed by atoms with Crippen LogP contribution in [-0.2, 0) is 0 Å². The third kappa shape index (κ3) is 4.08. The first-order valence-corrected chi connectivity index (χ1v) is 7.61. The standard InChI is InChI=1S/C14H20F2N2S/c1-2-5-11-10-18(9-8-17-11)12-6-3-4-7-13(12)19-14(15)16/h3-4,6-7,11,14,17H,2,5,8-10H2,1H3. The highest BCUT2D eigenvalue weighted by atomic mass is 32.2. The molecule has 5 heteroatoms. The van der Waals surface area contributed by atoms with Crippen molar-refractivity contribution >= 4 is 17.4 Å². The van der Waals surface area contributed by atoms with E-state index in [1.807, 2.05) is 18.2 Å². The molecule has 106 valence electrons. The number of hydrogen-bond acceptors (Lipinski definition) is 3. The number of alkyl halides is 2. The van der Waals surface area contributed by atoms with Gasteiger partial charge in [0.05, 0.1) is 5.69 Å². The zero-order valence-electron chi connectivity index (χ0n) is 11.1. The molecule has 0 aromatic heterocycles. The lowest BCUT2D eigenvalue weighted by atomic mass is 10.1. The molecule has 0 saturated carbocycles. The molecule has 19 heavy (non-hydrogen) atoms. The zero-order chi connectivity index (χ0) is 13.7. The minimum absolute atomic E-state index is 0.461. The highest BCUT2D eigenvalue weighted by Gasteiger charge is 2.21. The smallest absolute Gasteiger partial charge is 0.288 e. The third-order valence-corrected chi connectivity index (χ3v) is 4.09. The van der Waals surface area contributed by atoms with Crippen molar-refractivity contribution in [2.75, 3.05) is 24.5 Å². The zero-order valence-corrected chi connectivity index (χ0v) is 11.9. The van der Waals surface area contributed by atoms with Gasteiger partial charge < -0.3 is 10.2 Å². The van der Waals surface area contributed by atoms with E-state index in [0.29, 0.717) is 22.7 Å². The highest BCUT2D eigenvalue weighted by molar-refractivity contribution is 7.99. The third-order valence-electron chi connectivity index (χ3n) is 3.31. The summed E-state index contributed by atoms with van der Waals surface area (Å²) in [6.07, 6.45) is 2.26. The van der Waals surface area contributed by atoms with Crippen LogP contribution >= 0.6 is 11.8 Å². The van der Waals surface area contributed by atoms with Gasteiger partial charge in [-0.15, -0.1) is 0 Å². The Morgan fingerprint density at radius 2 is 2.21 bits per heavy atom. The Bertz CT molecular complexity index is 399. The van der Waals surface area contributed by atoms with Crippen LogP contribution in [0.3, 0.4) is 0 Å². The summed E-state index contributed by atoms with van der Waals surface area (Å²) in [5.74, 6) is -2.37. The van der Waals surface area contributed by atoms with Gasteiger partial charge in [0.1, 0.15) is 0 Å². The Morgan fingerprint density at radius 3 is 2.95 bits per heavy atom. The van der Waals surface area contributed by atoms with Gasteiger partial charge in [-0.1, -0.05) is 37.2 Å². The van der Waals surface area contributed by atoms with Crippen LogP contribution in [-0.4, -0.2) is 31.4 Å². The second-order valence-electron chi connectivity index (χ2n) is 4.73. The molecule has 1 aliphatic heterocycles. The Hall–Kier alpha value is -0.810. The van der Waals surface area contributed by atoms with Gasteiger partial charge in [0.2, 0.25) is 0 Å². The first kappa shape index (κ1) is 14.6. The van der Waals surface area contributed by atoms with E-state index >= 15 is 0 Å². The normalized spacial score (nSPS) is 20.0. The summed E-state index contributed by atoms with van der Waals surface area (Å²) in [5.41, 5.74) is 0.940. The summed E-state index contributed by atoms with van der Waals surface area (Å²) < 4.78 is 25.2. The maximum Gasteiger partial charge on any atom is 0.288 e. The van der Waals surface area contributed by atoms with Crippen LogP contribution in [0.15, 0.2) is 29.2 Å². The molecule has 1 aromatic rings. The van der Waals surface area contributed by atoms with Gasteiger partial charge in [0.25, 0.3) is 5.76 Å². The van der Waals surface area contributed by atoms with E-state index in [0.717, 1.165) is 38.2 Å². The molecule has 0 bridgehead atoms. The van der Waals surface area contributed by atoms with Crippen molar-refractivity contribution in [3.8, 4) is 0 Å². The van der Waals surface area contributed by atoms with E-state index < -0.39 is 5.76 Å². The molecule has 0 spiro atoms. The molecule has 1 N–H and O–H groups in total. The number of thioether (sulfide) groups is 1. The number of hydrogen-bond donors (Lipinski definition) is 1. The maximum absolute atomic E-state index is 12.6. The summed E-state index contributed by atoms with van der Waals surface area (Å²) in [5, 5.41) is 3.48. The number of rotatable bonds is 5. The van der Waals surface area contributed by atoms with Crippen molar-refractivity contribution in [3.63, 3.8) is 0 Å². The fourth-order valence-electron chi connectivity index (χ4n) is 2.50. The molecule has 2 nitrogen and oxygen atoms in total. The molecule has 0 amide bonds. The Kier molecular flexibility index (Phi) is 5.45. The summed E-state index contributed by atoms with van der Waals surface area (Å²) in [6.45, 7) is 4.86. The van der Waals surface area contributed by atoms with Crippen molar-refractivity contribution in [2.45, 2.75) is 36.5 Å². The Balaban J connectivity index is 2.11. The van der Waals surface area contributed by atoms with Gasteiger partial charge in [-0.3, -0.25) is 0 Å². The molecular formula is C14H20F2N2S. The van der Waals surface area contributed by atoms with Crippen LogP contribution in [0.2, 0.25) is 0 Å². The molecule has 1 saturated heterocycles. The van der Waals surface area contributed by atoms with E-state index in [2.05, 4.69) is 17.1 Å². The van der Waals surface area contributed by atoms with Crippen LogP contribution in [0.25, 0.3) is 0 Å². The van der Waals surface area contributed by atoms with Crippen molar-refractivity contribution in [2.24, 2.45) is 0 Å². The monoisotopic (exact) mass is 286 g/mol. The van der Waals surface area contributed by atoms with Gasteiger partial charge in [0.15, 0.2) is 0 Å². The molecule has 1 heterocycles. The van der Waals surface area contributed by atoms with Gasteiger partial charge in [-0.2, -0.15) is 8.78 Å². The maximum atomic E-state index is 12.6. The van der Waals surface area contributed by atoms with Crippen molar-refractivity contribution < 1.29 is 8.78 Å². The molecule has 1 unspecified atom stereocenters. The fourth-order valence-corrected chi connectivity index (χ4v) is 3.17. The van der Waals surface area contributed by atoms with Crippen molar-refractivity contribution in [1.29, 1.82) is 0 Å². The van der Waals surface area contributed by atoms with Crippen LogP contribution in [0.4, 0.5) is 14.5 Å². The average Bonchev–Trinajstić information content (AvgIpc) is 2.39. The quantitative estimate of drug-likeness (QED) is 0.833. The second-order valence-corrected chi connectivity index (χ2v) is 5.76. The predicted molar refractivity (Wildman–Crippen MR) is 77.2 cm³/mol. The van der Waals surface area contributed by atoms with E-state index in [4.69, 9.17) is 0 Å². The van der Waals surface area contributed by atoms with Crippen LogP contribution in [0, 0.1) is 0 Å². The van der Waals surface area contributed by atoms with E-state index in [1.165, 1.54) is 0 Å². The van der Waals surface area contributed by atoms with Gasteiger partial charge >= 0.3 is 0 Å². The number of benzene rings is 1. The van der Waals surface area contributed by atoms with E-state index in [-0.39, 0.29) is 0 Å². The summed E-state index contributed by atoms with van der Waals surface area (Å²) in [4.78, 5) is 2.90. The molecular weight excluding hydrogens is 266 g/mol. The highest BCUT2D eigenvalue weighted by Crippen LogP contribution is 2.34. The largest absolute Gasteiger partial charge is 0.368 e. The number of halogens is 2. The van der Waals surface area contributed by atoms with E-state index in [9.17, 15) is 8.78 Å². The first-order valence-electron chi connectivity index (χ1n) is 6.73. The van der Waals surface area contributed by atoms with Crippen LogP contribution in [0.5, 0.6) is 0 Å². The Morgan fingerprint density at radius 1 is 1.42 bits per heavy atom. The van der Waals surface area contributed by atoms with Crippen molar-refractivity contribution in [1.82, 2.24) is 5.32 Å². The topological polar surface area (TPSA) is 15.3 Å². The minimum Gasteiger partial charge on any atom is -0.368 e. The number of nitrogens with zero attached hydrogens (tertiary/aromatic N) is 1. The van der Waals surface area contributed by atoms with Gasteiger partial charge in [0, 0.05) is 30.6 Å². The van der Waals surface area contributed by atoms with Crippen molar-refractivity contribution in [3.05, 3.63) is 24.3 Å². The fraction of sp³-hybridized carbons (Fsp3) is 0.571. The lowest BCUT2D eigenvalue weighted by Crippen LogP contribution is -2.50. The molecule has 2 rings (SSSR count). The average molecular weight is 286 g/mol. The summed E-state index contributed by atoms with van der Waals surface area (Å²) >= 11 is 0.638. The molecule has 1 aromatic carbocycles. The number of para-hydroxylation sites is 1. The number of nitrogens with one attached hydrogen (secondary N) is 1. The minimum atomic E-state index is -2.37. The predicted octanol–water partition coefficient (Wildman–Crippen LogP) is 3.58. The van der Waals surface area contributed by atoms with Crippen LogP contribution < -0.4 is 10.2 Å². The first-order chi connectivity index (χ1) is 9.20.